The van der Waals surface area contributed by atoms with E-state index >= 15 is 0 Å². The van der Waals surface area contributed by atoms with Gasteiger partial charge in [-0.2, -0.15) is 11.8 Å². The number of amides is 2. The lowest BCUT2D eigenvalue weighted by molar-refractivity contribution is -0.149. The molecule has 182 valence electrons. The molecule has 34 heavy (non-hydrogen) atoms. The Labute approximate surface area is 206 Å². The number of anilines is 1. The number of carbonyl (C=O) groups excluding carboxylic acids is 3. The van der Waals surface area contributed by atoms with Gasteiger partial charge in [0.15, 0.2) is 6.61 Å². The molecule has 2 aromatic carbocycles. The van der Waals surface area contributed by atoms with Crippen LogP contribution >= 0.6 is 11.8 Å². The van der Waals surface area contributed by atoms with Crippen LogP contribution in [0.25, 0.3) is 0 Å². The molecule has 0 spiro atoms. The number of hydrogen-bond acceptors (Lipinski definition) is 5. The topological polar surface area (TPSA) is 84.5 Å². The smallest absolute Gasteiger partial charge is 0.329 e. The number of ether oxygens (including phenoxy) is 1. The van der Waals surface area contributed by atoms with Gasteiger partial charge in [0, 0.05) is 11.3 Å². The molecule has 2 aromatic rings. The molecule has 0 heterocycles. The summed E-state index contributed by atoms with van der Waals surface area (Å²) < 4.78 is 5.25. The highest BCUT2D eigenvalue weighted by Gasteiger charge is 2.24. The van der Waals surface area contributed by atoms with Crippen LogP contribution in [0.2, 0.25) is 0 Å². The van der Waals surface area contributed by atoms with E-state index in [1.54, 1.807) is 23.9 Å². The van der Waals surface area contributed by atoms with Gasteiger partial charge in [-0.25, -0.2) is 4.79 Å². The van der Waals surface area contributed by atoms with Gasteiger partial charge in [0.2, 0.25) is 0 Å². The van der Waals surface area contributed by atoms with Gasteiger partial charge in [-0.1, -0.05) is 39.0 Å². The van der Waals surface area contributed by atoms with Crippen LogP contribution in [0.5, 0.6) is 0 Å². The fraction of sp³-hybridized carbons (Fsp3) is 0.444. The Kier molecular flexibility index (Phi) is 8.78. The third-order valence-electron chi connectivity index (χ3n) is 5.94. The summed E-state index contributed by atoms with van der Waals surface area (Å²) in [5.41, 5.74) is 4.86. The number of hydrogen-bond donors (Lipinski definition) is 2. The van der Waals surface area contributed by atoms with Crippen molar-refractivity contribution in [3.8, 4) is 0 Å². The van der Waals surface area contributed by atoms with Crippen molar-refractivity contribution in [1.82, 2.24) is 5.32 Å². The highest BCUT2D eigenvalue weighted by Crippen LogP contribution is 2.25. The van der Waals surface area contributed by atoms with Gasteiger partial charge >= 0.3 is 5.97 Å². The molecule has 2 N–H and O–H groups in total. The zero-order valence-electron chi connectivity index (χ0n) is 20.4. The van der Waals surface area contributed by atoms with Gasteiger partial charge < -0.3 is 15.4 Å². The fourth-order valence-corrected chi connectivity index (χ4v) is 4.40. The van der Waals surface area contributed by atoms with Crippen molar-refractivity contribution >= 4 is 35.2 Å². The molecule has 0 fully saturated rings. The normalized spacial score (nSPS) is 13.6. The molecule has 2 amide bonds. The van der Waals surface area contributed by atoms with Crippen molar-refractivity contribution in [1.29, 1.82) is 0 Å². The average Bonchev–Trinajstić information content (AvgIpc) is 3.27. The van der Waals surface area contributed by atoms with Gasteiger partial charge in [0.1, 0.15) is 6.04 Å². The van der Waals surface area contributed by atoms with Gasteiger partial charge in [-0.3, -0.25) is 9.59 Å². The monoisotopic (exact) mass is 482 g/mol. The summed E-state index contributed by atoms with van der Waals surface area (Å²) in [5, 5.41) is 5.55. The summed E-state index contributed by atoms with van der Waals surface area (Å²) in [6.45, 7) is 5.92. The summed E-state index contributed by atoms with van der Waals surface area (Å²) in [6.07, 6.45) is 5.57. The van der Waals surface area contributed by atoms with Gasteiger partial charge in [0.05, 0.1) is 0 Å². The largest absolute Gasteiger partial charge is 0.454 e. The first kappa shape index (κ1) is 25.8. The minimum atomic E-state index is -0.824. The van der Waals surface area contributed by atoms with Crippen LogP contribution in [0.1, 0.15) is 60.7 Å². The highest BCUT2D eigenvalue weighted by atomic mass is 32.2. The molecule has 0 bridgehead atoms. The average molecular weight is 483 g/mol. The Morgan fingerprint density at radius 2 is 1.74 bits per heavy atom. The number of aryl methyl sites for hydroxylation is 2. The lowest BCUT2D eigenvalue weighted by Gasteiger charge is -2.20. The quantitative estimate of drug-likeness (QED) is 0.514. The van der Waals surface area contributed by atoms with E-state index in [0.29, 0.717) is 23.4 Å². The molecule has 1 aliphatic carbocycles. The number of rotatable bonds is 9. The maximum absolute atomic E-state index is 12.8. The molecular weight excluding hydrogens is 448 g/mol. The standard InChI is InChI=1S/C27H34N2O4S/c1-27(2,3)21-11-8-19(9-12-21)25(31)29-23(14-15-34-4)26(32)33-17-24(30)28-22-13-10-18-6-5-7-20(18)16-22/h8-13,16,23H,5-7,14-15,17H2,1-4H3,(H,28,30)(H,29,31). The van der Waals surface area contributed by atoms with Crippen molar-refractivity contribution in [2.45, 2.75) is 57.9 Å². The Bertz CT molecular complexity index is 1030. The van der Waals surface area contributed by atoms with Crippen LogP contribution in [-0.2, 0) is 32.6 Å². The predicted molar refractivity (Wildman–Crippen MR) is 137 cm³/mol. The lowest BCUT2D eigenvalue weighted by atomic mass is 9.86. The number of benzene rings is 2. The van der Waals surface area contributed by atoms with Gasteiger partial charge in [-0.15, -0.1) is 0 Å². The number of nitrogens with one attached hydrogen (secondary N) is 2. The first-order valence-electron chi connectivity index (χ1n) is 11.7. The van der Waals surface area contributed by atoms with E-state index in [9.17, 15) is 14.4 Å². The SMILES string of the molecule is CSCCC(NC(=O)c1ccc(C(C)(C)C)cc1)C(=O)OCC(=O)Nc1ccc2c(c1)CCC2. The molecule has 0 saturated carbocycles. The van der Waals surface area contributed by atoms with Crippen molar-refractivity contribution in [2.24, 2.45) is 0 Å². The maximum atomic E-state index is 12.8. The molecule has 1 atom stereocenters. The Balaban J connectivity index is 1.55. The molecular formula is C27H34N2O4S. The van der Waals surface area contributed by atoms with Crippen LogP contribution in [0.3, 0.4) is 0 Å². The van der Waals surface area contributed by atoms with E-state index in [1.807, 2.05) is 36.6 Å². The van der Waals surface area contributed by atoms with Gasteiger partial charge in [0.25, 0.3) is 11.8 Å². The third-order valence-corrected chi connectivity index (χ3v) is 6.59. The molecule has 7 heteroatoms. The van der Waals surface area contributed by atoms with Crippen molar-refractivity contribution in [2.75, 3.05) is 23.9 Å². The van der Waals surface area contributed by atoms with Crippen LogP contribution in [0, 0.1) is 0 Å². The van der Waals surface area contributed by atoms with E-state index in [1.165, 1.54) is 11.1 Å². The van der Waals surface area contributed by atoms with Crippen LogP contribution in [0.4, 0.5) is 5.69 Å². The summed E-state index contributed by atoms with van der Waals surface area (Å²) >= 11 is 1.57. The summed E-state index contributed by atoms with van der Waals surface area (Å²) in [5.74, 6) is -0.687. The number of carbonyl (C=O) groups is 3. The van der Waals surface area contributed by atoms with E-state index in [0.717, 1.165) is 24.8 Å². The zero-order valence-corrected chi connectivity index (χ0v) is 21.2. The van der Waals surface area contributed by atoms with E-state index in [2.05, 4.69) is 31.4 Å². The minimum absolute atomic E-state index is 0.0138. The molecule has 0 saturated heterocycles. The lowest BCUT2D eigenvalue weighted by Crippen LogP contribution is -2.43. The maximum Gasteiger partial charge on any atom is 0.329 e. The van der Waals surface area contributed by atoms with E-state index < -0.39 is 24.5 Å². The Hall–Kier alpha value is -2.80. The second-order valence-corrected chi connectivity index (χ2v) is 10.6. The molecule has 0 aliphatic heterocycles. The predicted octanol–water partition coefficient (Wildman–Crippen LogP) is 4.51. The van der Waals surface area contributed by atoms with Gasteiger partial charge in [-0.05, 0) is 84.1 Å². The number of thioether (sulfide) groups is 1. The fourth-order valence-electron chi connectivity index (χ4n) is 3.93. The van der Waals surface area contributed by atoms with E-state index in [-0.39, 0.29) is 11.3 Å². The first-order chi connectivity index (χ1) is 16.2. The molecule has 6 nitrogen and oxygen atoms in total. The molecule has 0 aromatic heterocycles. The Morgan fingerprint density at radius 3 is 2.41 bits per heavy atom. The number of fused-ring (bicyclic) bond motifs is 1. The van der Waals surface area contributed by atoms with Crippen LogP contribution in [-0.4, -0.2) is 42.4 Å². The first-order valence-corrected chi connectivity index (χ1v) is 13.1. The number of esters is 1. The zero-order chi connectivity index (χ0) is 24.7. The minimum Gasteiger partial charge on any atom is -0.454 e. The van der Waals surface area contributed by atoms with Crippen LogP contribution < -0.4 is 10.6 Å². The molecule has 1 aliphatic rings. The van der Waals surface area contributed by atoms with Crippen molar-refractivity contribution in [3.63, 3.8) is 0 Å². The Morgan fingerprint density at radius 1 is 1.03 bits per heavy atom. The highest BCUT2D eigenvalue weighted by molar-refractivity contribution is 7.98. The molecule has 0 radical (unpaired) electrons. The second kappa shape index (κ2) is 11.6. The van der Waals surface area contributed by atoms with Crippen LogP contribution in [0.15, 0.2) is 42.5 Å². The summed E-state index contributed by atoms with van der Waals surface area (Å²) in [7, 11) is 0. The molecule has 1 unspecified atom stereocenters. The molecule has 3 rings (SSSR count). The van der Waals surface area contributed by atoms with Crippen molar-refractivity contribution in [3.05, 3.63) is 64.7 Å². The third kappa shape index (κ3) is 7.10. The second-order valence-electron chi connectivity index (χ2n) is 9.63. The summed E-state index contributed by atoms with van der Waals surface area (Å²) in [4.78, 5) is 37.8. The summed E-state index contributed by atoms with van der Waals surface area (Å²) in [6, 6.07) is 12.4. The van der Waals surface area contributed by atoms with Crippen molar-refractivity contribution < 1.29 is 19.1 Å². The van der Waals surface area contributed by atoms with E-state index in [4.69, 9.17) is 4.74 Å².